The smallest absolute Gasteiger partial charge is 0.310 e. The zero-order chi connectivity index (χ0) is 20.0. The highest BCUT2D eigenvalue weighted by atomic mass is 31.2. The summed E-state index contributed by atoms with van der Waals surface area (Å²) < 4.78 is 19.3. The molecule has 0 radical (unpaired) electrons. The first-order valence-corrected chi connectivity index (χ1v) is 10.9. The SMILES string of the molecule is COC(=O)[C@@H](C)[C@H](NP(=O)(c1ccccc1)c1ccccc1)c1ccccc1. The van der Waals surface area contributed by atoms with Gasteiger partial charge >= 0.3 is 5.97 Å². The average Bonchev–Trinajstić information content (AvgIpc) is 2.78. The second-order valence-corrected chi connectivity index (χ2v) is 9.12. The lowest BCUT2D eigenvalue weighted by atomic mass is 9.95. The minimum atomic E-state index is -3.21. The molecule has 0 bridgehead atoms. The lowest BCUT2D eigenvalue weighted by Crippen LogP contribution is -2.36. The van der Waals surface area contributed by atoms with E-state index in [2.05, 4.69) is 5.09 Å². The van der Waals surface area contributed by atoms with Crippen molar-refractivity contribution in [1.82, 2.24) is 5.09 Å². The third-order valence-corrected chi connectivity index (χ3v) is 7.48. The molecule has 0 spiro atoms. The molecule has 3 aromatic carbocycles. The van der Waals surface area contributed by atoms with Crippen LogP contribution < -0.4 is 15.7 Å². The first-order chi connectivity index (χ1) is 13.6. The summed E-state index contributed by atoms with van der Waals surface area (Å²) in [6, 6.07) is 27.8. The highest BCUT2D eigenvalue weighted by Gasteiger charge is 2.35. The van der Waals surface area contributed by atoms with Crippen molar-refractivity contribution in [3.8, 4) is 0 Å². The topological polar surface area (TPSA) is 55.4 Å². The second-order valence-electron chi connectivity index (χ2n) is 6.61. The number of methoxy groups -OCH3 is 1. The van der Waals surface area contributed by atoms with Gasteiger partial charge in [-0.25, -0.2) is 0 Å². The van der Waals surface area contributed by atoms with Gasteiger partial charge < -0.3 is 4.74 Å². The predicted octanol–water partition coefficient (Wildman–Crippen LogP) is 4.06. The van der Waals surface area contributed by atoms with Crippen molar-refractivity contribution < 1.29 is 14.1 Å². The fourth-order valence-electron chi connectivity index (χ4n) is 3.23. The van der Waals surface area contributed by atoms with E-state index in [0.29, 0.717) is 10.6 Å². The summed E-state index contributed by atoms with van der Waals surface area (Å²) in [7, 11) is -1.84. The third-order valence-electron chi connectivity index (χ3n) is 4.79. The third kappa shape index (κ3) is 4.24. The Morgan fingerprint density at radius 3 is 1.68 bits per heavy atom. The minimum absolute atomic E-state index is 0.353. The van der Waals surface area contributed by atoms with Crippen LogP contribution in [0.2, 0.25) is 0 Å². The Balaban J connectivity index is 2.11. The number of carbonyl (C=O) groups is 1. The number of rotatable bonds is 7. The highest BCUT2D eigenvalue weighted by molar-refractivity contribution is 7.76. The Kier molecular flexibility index (Phi) is 6.45. The monoisotopic (exact) mass is 393 g/mol. The molecule has 28 heavy (non-hydrogen) atoms. The molecule has 0 aromatic heterocycles. The van der Waals surface area contributed by atoms with Gasteiger partial charge in [-0.15, -0.1) is 0 Å². The largest absolute Gasteiger partial charge is 0.469 e. The van der Waals surface area contributed by atoms with Gasteiger partial charge in [-0.2, -0.15) is 0 Å². The van der Waals surface area contributed by atoms with E-state index >= 15 is 0 Å². The standard InChI is InChI=1S/C23H24NO3P/c1-18(23(25)27-2)22(19-12-6-3-7-13-19)24-28(26,20-14-8-4-9-15-20)21-16-10-5-11-17-21/h3-18,22H,1-2H3,(H,24,26)/t18-,22-/m0/s1. The Morgan fingerprint density at radius 1 is 0.821 bits per heavy atom. The molecule has 0 aliphatic heterocycles. The van der Waals surface area contributed by atoms with Gasteiger partial charge in [0.05, 0.1) is 19.1 Å². The first kappa shape index (κ1) is 20.1. The molecule has 5 heteroatoms. The second kappa shape index (κ2) is 9.01. The average molecular weight is 393 g/mol. The van der Waals surface area contributed by atoms with E-state index in [1.165, 1.54) is 7.11 Å². The van der Waals surface area contributed by atoms with Crippen LogP contribution in [0.3, 0.4) is 0 Å². The molecule has 2 atom stereocenters. The van der Waals surface area contributed by atoms with Crippen molar-refractivity contribution in [1.29, 1.82) is 0 Å². The molecule has 4 nitrogen and oxygen atoms in total. The van der Waals surface area contributed by atoms with E-state index in [0.717, 1.165) is 5.56 Å². The van der Waals surface area contributed by atoms with E-state index in [1.54, 1.807) is 6.92 Å². The molecule has 1 N–H and O–H groups in total. The Labute approximate surface area is 166 Å². The molecule has 144 valence electrons. The molecular formula is C23H24NO3P. The summed E-state index contributed by atoms with van der Waals surface area (Å²) in [5, 5.41) is 4.74. The number of ether oxygens (including phenoxy) is 1. The zero-order valence-electron chi connectivity index (χ0n) is 16.0. The van der Waals surface area contributed by atoms with Crippen molar-refractivity contribution in [3.05, 3.63) is 96.6 Å². The van der Waals surface area contributed by atoms with Crippen molar-refractivity contribution in [2.24, 2.45) is 5.92 Å². The van der Waals surface area contributed by atoms with Gasteiger partial charge in [0.15, 0.2) is 0 Å². The summed E-state index contributed by atoms with van der Waals surface area (Å²) in [5.74, 6) is -0.873. The van der Waals surface area contributed by atoms with Crippen LogP contribution in [-0.4, -0.2) is 13.1 Å². The molecule has 0 unspecified atom stereocenters. The van der Waals surface area contributed by atoms with Crippen LogP contribution in [0.1, 0.15) is 18.5 Å². The molecule has 0 heterocycles. The van der Waals surface area contributed by atoms with Crippen molar-refractivity contribution in [2.45, 2.75) is 13.0 Å². The molecular weight excluding hydrogens is 369 g/mol. The maximum absolute atomic E-state index is 14.4. The summed E-state index contributed by atoms with van der Waals surface area (Å²) in [5.41, 5.74) is 0.882. The Bertz CT molecular complexity index is 902. The van der Waals surface area contributed by atoms with E-state index in [-0.39, 0.29) is 5.97 Å². The normalized spacial score (nSPS) is 13.5. The maximum atomic E-state index is 14.4. The van der Waals surface area contributed by atoms with Crippen LogP contribution in [0.4, 0.5) is 0 Å². The van der Waals surface area contributed by atoms with Crippen LogP contribution in [0.5, 0.6) is 0 Å². The van der Waals surface area contributed by atoms with Crippen LogP contribution >= 0.6 is 7.29 Å². The van der Waals surface area contributed by atoms with Crippen molar-refractivity contribution in [3.63, 3.8) is 0 Å². The number of carbonyl (C=O) groups excluding carboxylic acids is 1. The Hall–Kier alpha value is -2.68. The van der Waals surface area contributed by atoms with Gasteiger partial charge in [0.1, 0.15) is 0 Å². The molecule has 0 amide bonds. The van der Waals surface area contributed by atoms with Gasteiger partial charge in [0.2, 0.25) is 7.29 Å². The molecule has 0 aliphatic carbocycles. The summed E-state index contributed by atoms with van der Waals surface area (Å²) in [4.78, 5) is 12.3. The number of benzene rings is 3. The lowest BCUT2D eigenvalue weighted by Gasteiger charge is -2.30. The van der Waals surface area contributed by atoms with Gasteiger partial charge in [-0.3, -0.25) is 14.4 Å². The minimum Gasteiger partial charge on any atom is -0.469 e. The van der Waals surface area contributed by atoms with Crippen LogP contribution in [0, 0.1) is 5.92 Å². The number of nitrogens with one attached hydrogen (secondary N) is 1. The van der Waals surface area contributed by atoms with Gasteiger partial charge in [0, 0.05) is 10.6 Å². The fourth-order valence-corrected chi connectivity index (χ4v) is 5.77. The fraction of sp³-hybridized carbons (Fsp3) is 0.174. The Morgan fingerprint density at radius 2 is 1.25 bits per heavy atom. The molecule has 0 aliphatic rings. The maximum Gasteiger partial charge on any atom is 0.310 e. The van der Waals surface area contributed by atoms with E-state index in [4.69, 9.17) is 4.74 Å². The van der Waals surface area contributed by atoms with Crippen molar-refractivity contribution in [2.75, 3.05) is 7.11 Å². The predicted molar refractivity (Wildman–Crippen MR) is 113 cm³/mol. The molecule has 3 rings (SSSR count). The highest BCUT2D eigenvalue weighted by Crippen LogP contribution is 2.43. The lowest BCUT2D eigenvalue weighted by molar-refractivity contribution is -0.145. The van der Waals surface area contributed by atoms with E-state index in [9.17, 15) is 9.36 Å². The van der Waals surface area contributed by atoms with Gasteiger partial charge in [-0.05, 0) is 29.8 Å². The van der Waals surface area contributed by atoms with E-state index in [1.807, 2.05) is 91.0 Å². The molecule has 0 saturated carbocycles. The first-order valence-electron chi connectivity index (χ1n) is 9.18. The van der Waals surface area contributed by atoms with Gasteiger partial charge in [-0.1, -0.05) is 73.7 Å². The summed E-state index contributed by atoms with van der Waals surface area (Å²) >= 11 is 0. The number of hydrogen-bond acceptors (Lipinski definition) is 3. The van der Waals surface area contributed by atoms with Crippen LogP contribution in [-0.2, 0) is 14.1 Å². The quantitative estimate of drug-likeness (QED) is 0.486. The van der Waals surface area contributed by atoms with Crippen LogP contribution in [0.25, 0.3) is 0 Å². The number of esters is 1. The van der Waals surface area contributed by atoms with Crippen LogP contribution in [0.15, 0.2) is 91.0 Å². The van der Waals surface area contributed by atoms with Crippen molar-refractivity contribution >= 4 is 23.9 Å². The molecule has 0 saturated heterocycles. The molecule has 3 aromatic rings. The summed E-state index contributed by atoms with van der Waals surface area (Å²) in [6.07, 6.45) is 0. The number of hydrogen-bond donors (Lipinski definition) is 1. The van der Waals surface area contributed by atoms with Gasteiger partial charge in [0.25, 0.3) is 0 Å². The zero-order valence-corrected chi connectivity index (χ0v) is 16.9. The molecule has 0 fully saturated rings. The summed E-state index contributed by atoms with van der Waals surface area (Å²) in [6.45, 7) is 1.79. The van der Waals surface area contributed by atoms with E-state index < -0.39 is 19.3 Å².